The average molecular weight is 414 g/mol. The first-order valence-corrected chi connectivity index (χ1v) is 10.1. The van der Waals surface area contributed by atoms with E-state index in [1.54, 1.807) is 31.4 Å². The number of carbonyl (C=O) groups is 2. The molecule has 0 radical (unpaired) electrons. The fourth-order valence-corrected chi connectivity index (χ4v) is 4.50. The van der Waals surface area contributed by atoms with Gasteiger partial charge in [0.15, 0.2) is 0 Å². The van der Waals surface area contributed by atoms with Crippen LogP contribution in [0.4, 0.5) is 0 Å². The van der Waals surface area contributed by atoms with Gasteiger partial charge in [0.1, 0.15) is 17.1 Å². The molecule has 3 heterocycles. The van der Waals surface area contributed by atoms with Gasteiger partial charge in [-0.05, 0) is 56.5 Å². The van der Waals surface area contributed by atoms with Gasteiger partial charge in [0.2, 0.25) is 5.91 Å². The molecule has 4 N–H and O–H groups in total. The summed E-state index contributed by atoms with van der Waals surface area (Å²) in [7, 11) is 1.58. The van der Waals surface area contributed by atoms with Gasteiger partial charge in [0.25, 0.3) is 5.91 Å². The topological polar surface area (TPSA) is 132 Å². The first-order chi connectivity index (χ1) is 14.5. The Kier molecular flexibility index (Phi) is 5.58. The maximum absolute atomic E-state index is 13.1. The van der Waals surface area contributed by atoms with Crippen molar-refractivity contribution in [1.82, 2.24) is 30.7 Å². The maximum Gasteiger partial charge on any atom is 0.340 e. The molecule has 10 heteroatoms. The molecule has 2 amide bonds. The number of carbonyl (C=O) groups excluding carboxylic acids is 2. The van der Waals surface area contributed by atoms with Crippen LogP contribution in [0.2, 0.25) is 0 Å². The number of hydrogen-bond acceptors (Lipinski definition) is 6. The van der Waals surface area contributed by atoms with Crippen molar-refractivity contribution in [3.8, 4) is 5.75 Å². The van der Waals surface area contributed by atoms with Crippen molar-refractivity contribution in [2.75, 3.05) is 20.2 Å². The summed E-state index contributed by atoms with van der Waals surface area (Å²) in [5.41, 5.74) is -0.493. The molecule has 30 heavy (non-hydrogen) atoms. The fourth-order valence-electron chi connectivity index (χ4n) is 4.50. The summed E-state index contributed by atoms with van der Waals surface area (Å²) in [6.07, 6.45) is 3.28. The van der Waals surface area contributed by atoms with E-state index in [2.05, 4.69) is 30.7 Å². The van der Waals surface area contributed by atoms with E-state index in [4.69, 9.17) is 4.74 Å². The van der Waals surface area contributed by atoms with Gasteiger partial charge in [-0.3, -0.25) is 19.5 Å². The van der Waals surface area contributed by atoms with E-state index in [9.17, 15) is 14.4 Å². The summed E-state index contributed by atoms with van der Waals surface area (Å²) in [5, 5.41) is 12.1. The predicted molar refractivity (Wildman–Crippen MR) is 108 cm³/mol. The molecule has 2 aromatic rings. The molecule has 1 aromatic heterocycles. The Morgan fingerprint density at radius 2 is 2.10 bits per heavy atom. The van der Waals surface area contributed by atoms with Crippen molar-refractivity contribution in [3.63, 3.8) is 0 Å². The Morgan fingerprint density at radius 3 is 2.80 bits per heavy atom. The lowest BCUT2D eigenvalue weighted by Gasteiger charge is -2.40. The number of ether oxygens (including phenoxy) is 1. The zero-order chi connectivity index (χ0) is 21.1. The van der Waals surface area contributed by atoms with E-state index in [0.717, 1.165) is 25.8 Å². The number of nitrogens with one attached hydrogen (secondary N) is 4. The number of methoxy groups -OCH3 is 1. The third-order valence-corrected chi connectivity index (χ3v) is 5.98. The van der Waals surface area contributed by atoms with Crippen LogP contribution < -0.4 is 21.1 Å². The van der Waals surface area contributed by atoms with Gasteiger partial charge < -0.3 is 15.4 Å². The predicted octanol–water partition coefficient (Wildman–Crippen LogP) is 0.150. The third kappa shape index (κ3) is 3.95. The van der Waals surface area contributed by atoms with Crippen molar-refractivity contribution in [2.24, 2.45) is 0 Å². The number of fused-ring (bicyclic) bond motifs is 1. The molecule has 0 spiro atoms. The number of H-pyrrole nitrogens is 2. The Morgan fingerprint density at radius 1 is 1.30 bits per heavy atom. The van der Waals surface area contributed by atoms with Crippen molar-refractivity contribution in [2.45, 2.75) is 43.8 Å². The zero-order valence-electron chi connectivity index (χ0n) is 16.9. The van der Waals surface area contributed by atoms with Gasteiger partial charge in [-0.15, -0.1) is 0 Å². The first kappa shape index (κ1) is 20.1. The lowest BCUT2D eigenvalue weighted by Crippen LogP contribution is -2.57. The van der Waals surface area contributed by atoms with E-state index in [1.165, 1.54) is 0 Å². The number of piperidine rings is 1. The van der Waals surface area contributed by atoms with E-state index >= 15 is 0 Å². The number of hydrogen-bond donors (Lipinski definition) is 4. The van der Waals surface area contributed by atoms with Crippen molar-refractivity contribution in [3.05, 3.63) is 46.1 Å². The number of amides is 2. The largest absolute Gasteiger partial charge is 0.497 e. The molecule has 4 rings (SSSR count). The molecular formula is C20H26N6O4. The Labute approximate surface area is 173 Å². The normalized spacial score (nSPS) is 23.6. The fraction of sp³-hybridized carbons (Fsp3) is 0.500. The van der Waals surface area contributed by atoms with Crippen LogP contribution in [-0.2, 0) is 11.3 Å². The van der Waals surface area contributed by atoms with Gasteiger partial charge in [-0.1, -0.05) is 0 Å². The van der Waals surface area contributed by atoms with Crippen molar-refractivity contribution in [1.29, 1.82) is 0 Å². The minimum atomic E-state index is -0.646. The van der Waals surface area contributed by atoms with Crippen LogP contribution in [-0.4, -0.2) is 63.7 Å². The number of benzene rings is 1. The van der Waals surface area contributed by atoms with Crippen molar-refractivity contribution >= 4 is 11.8 Å². The number of nitrogens with zero attached hydrogens (tertiary/aromatic N) is 2. The molecule has 10 nitrogen and oxygen atoms in total. The van der Waals surface area contributed by atoms with Crippen LogP contribution in [0.5, 0.6) is 5.75 Å². The molecular weight excluding hydrogens is 388 g/mol. The summed E-state index contributed by atoms with van der Waals surface area (Å²) >= 11 is 0. The highest BCUT2D eigenvalue weighted by Crippen LogP contribution is 2.38. The quantitative estimate of drug-likeness (QED) is 0.532. The van der Waals surface area contributed by atoms with Gasteiger partial charge in [0, 0.05) is 18.2 Å². The Bertz CT molecular complexity index is 968. The van der Waals surface area contributed by atoms with Crippen LogP contribution in [0.3, 0.4) is 0 Å². The molecule has 2 saturated heterocycles. The minimum Gasteiger partial charge on any atom is -0.497 e. The second-order valence-corrected chi connectivity index (χ2v) is 7.84. The molecule has 0 unspecified atom stereocenters. The highest BCUT2D eigenvalue weighted by molar-refractivity contribution is 5.94. The number of rotatable bonds is 6. The second-order valence-electron chi connectivity index (χ2n) is 7.84. The van der Waals surface area contributed by atoms with Crippen LogP contribution in [0.15, 0.2) is 29.1 Å². The van der Waals surface area contributed by atoms with Crippen LogP contribution in [0.1, 0.15) is 41.9 Å². The van der Waals surface area contributed by atoms with Gasteiger partial charge in [-0.2, -0.15) is 5.10 Å². The molecule has 2 fully saturated rings. The van der Waals surface area contributed by atoms with Crippen LogP contribution >= 0.6 is 0 Å². The minimum absolute atomic E-state index is 0.0905. The second kappa shape index (κ2) is 8.31. The Hall–Kier alpha value is -3.14. The third-order valence-electron chi connectivity index (χ3n) is 5.98. The van der Waals surface area contributed by atoms with Gasteiger partial charge in [0.05, 0.1) is 13.7 Å². The number of aromatic amines is 2. The van der Waals surface area contributed by atoms with Crippen LogP contribution in [0, 0.1) is 0 Å². The molecule has 1 aromatic carbocycles. The molecule has 2 aliphatic heterocycles. The molecule has 2 atom stereocenters. The highest BCUT2D eigenvalue weighted by Gasteiger charge is 2.52. The van der Waals surface area contributed by atoms with E-state index in [1.807, 2.05) is 0 Å². The zero-order valence-corrected chi connectivity index (χ0v) is 16.9. The molecule has 2 aliphatic rings. The summed E-state index contributed by atoms with van der Waals surface area (Å²) in [4.78, 5) is 41.7. The summed E-state index contributed by atoms with van der Waals surface area (Å²) in [5.74, 6) is 0.826. The molecule has 0 bridgehead atoms. The SMILES string of the molecule is COc1ccc(C(=O)N[C@@H]2CN3CCCC[C@@]3(C(=O)NCc3n[nH]c(=O)[nH]3)C2)cc1. The molecule has 0 aliphatic carbocycles. The number of aromatic nitrogens is 3. The summed E-state index contributed by atoms with van der Waals surface area (Å²) < 4.78 is 5.13. The van der Waals surface area contributed by atoms with Gasteiger partial charge in [-0.25, -0.2) is 9.89 Å². The van der Waals surface area contributed by atoms with E-state index in [0.29, 0.717) is 30.1 Å². The molecule has 160 valence electrons. The highest BCUT2D eigenvalue weighted by atomic mass is 16.5. The molecule has 0 saturated carbocycles. The lowest BCUT2D eigenvalue weighted by molar-refractivity contribution is -0.134. The first-order valence-electron chi connectivity index (χ1n) is 10.1. The monoisotopic (exact) mass is 414 g/mol. The lowest BCUT2D eigenvalue weighted by atomic mass is 9.84. The summed E-state index contributed by atoms with van der Waals surface area (Å²) in [6.45, 7) is 1.60. The smallest absolute Gasteiger partial charge is 0.340 e. The van der Waals surface area contributed by atoms with Crippen molar-refractivity contribution < 1.29 is 14.3 Å². The average Bonchev–Trinajstić information content (AvgIpc) is 3.35. The van der Waals surface area contributed by atoms with Gasteiger partial charge >= 0.3 is 5.69 Å². The maximum atomic E-state index is 13.1. The van der Waals surface area contributed by atoms with E-state index in [-0.39, 0.29) is 24.4 Å². The standard InChI is InChI=1S/C20H26N6O4/c1-30-15-6-4-13(5-7-15)17(27)22-14-10-20(8-2-3-9-26(20)12-14)18(28)21-11-16-23-19(29)25-24-16/h4-7,14H,2-3,8-12H2,1H3,(H,21,28)(H,22,27)(H2,23,24,25,29)/t14-,20-/m0/s1. The summed E-state index contributed by atoms with van der Waals surface area (Å²) in [6, 6.07) is 6.84. The van der Waals surface area contributed by atoms with E-state index < -0.39 is 11.2 Å². The Balaban J connectivity index is 1.42. The van der Waals surface area contributed by atoms with Crippen LogP contribution in [0.25, 0.3) is 0 Å².